The van der Waals surface area contributed by atoms with Gasteiger partial charge in [-0.25, -0.2) is 0 Å². The number of hydrogen-bond donors (Lipinski definition) is 0. The van der Waals surface area contributed by atoms with Gasteiger partial charge in [0, 0.05) is 0 Å². The topological polar surface area (TPSA) is 43.4 Å². The number of halogens is 3. The van der Waals surface area contributed by atoms with Crippen LogP contribution in [0.2, 0.25) is 19.1 Å². The molecule has 0 unspecified atom stereocenters. The monoisotopic (exact) mass is 376 g/mol. The summed E-state index contributed by atoms with van der Waals surface area (Å²) in [6.45, 7) is 5.22. The van der Waals surface area contributed by atoms with Crippen molar-refractivity contribution in [3.63, 3.8) is 0 Å². The number of unbranched alkanes of at least 4 members (excludes halogenated alkanes) is 9. The molecular formula is C15H31F3O3SSi. The Hall–Kier alpha value is -0.0831. The molecule has 0 spiro atoms. The molecule has 0 aliphatic heterocycles. The van der Waals surface area contributed by atoms with Crippen LogP contribution < -0.4 is 0 Å². The first-order chi connectivity index (χ1) is 10.5. The van der Waals surface area contributed by atoms with Gasteiger partial charge in [0.15, 0.2) is 0 Å². The summed E-state index contributed by atoms with van der Waals surface area (Å²) < 4.78 is 63.5. The first-order valence-electron chi connectivity index (χ1n) is 8.54. The molecule has 8 heteroatoms. The summed E-state index contributed by atoms with van der Waals surface area (Å²) in [6.07, 6.45) is 11.4. The highest BCUT2D eigenvalue weighted by molar-refractivity contribution is 7.88. The van der Waals surface area contributed by atoms with Gasteiger partial charge in [-0.15, -0.1) is 0 Å². The van der Waals surface area contributed by atoms with Gasteiger partial charge in [-0.2, -0.15) is 21.6 Å². The normalized spacial score (nSPS) is 13.5. The van der Waals surface area contributed by atoms with Crippen molar-refractivity contribution in [1.29, 1.82) is 0 Å². The molecule has 0 fully saturated rings. The van der Waals surface area contributed by atoms with Gasteiger partial charge in [0.1, 0.15) is 0 Å². The predicted molar refractivity (Wildman–Crippen MR) is 90.2 cm³/mol. The van der Waals surface area contributed by atoms with E-state index in [0.717, 1.165) is 25.7 Å². The van der Waals surface area contributed by atoms with Crippen LogP contribution in [-0.2, 0) is 14.0 Å². The SMILES string of the molecule is CCCCCCCCCCCC[Si](C)(C)OS(=O)(=O)C(F)(F)F. The van der Waals surface area contributed by atoms with Crippen molar-refractivity contribution < 1.29 is 25.5 Å². The Labute approximate surface area is 140 Å². The zero-order valence-corrected chi connectivity index (χ0v) is 16.4. The quantitative estimate of drug-likeness (QED) is 0.226. The minimum Gasteiger partial charge on any atom is -0.308 e. The third-order valence-electron chi connectivity index (χ3n) is 3.75. The van der Waals surface area contributed by atoms with E-state index in [1.165, 1.54) is 51.6 Å². The molecule has 0 amide bonds. The van der Waals surface area contributed by atoms with Crippen LogP contribution in [0.15, 0.2) is 0 Å². The Morgan fingerprint density at radius 3 is 1.61 bits per heavy atom. The van der Waals surface area contributed by atoms with Crippen LogP contribution in [0.1, 0.15) is 71.1 Å². The van der Waals surface area contributed by atoms with E-state index in [1.807, 2.05) is 0 Å². The first-order valence-corrected chi connectivity index (χ1v) is 13.1. The van der Waals surface area contributed by atoms with E-state index in [9.17, 15) is 21.6 Å². The van der Waals surface area contributed by atoms with Gasteiger partial charge in [0.25, 0.3) is 0 Å². The summed E-state index contributed by atoms with van der Waals surface area (Å²) in [6, 6.07) is 0.429. The fraction of sp³-hybridized carbons (Fsp3) is 1.00. The highest BCUT2D eigenvalue weighted by Crippen LogP contribution is 2.29. The Balaban J connectivity index is 3.79. The van der Waals surface area contributed by atoms with Crippen molar-refractivity contribution in [1.82, 2.24) is 0 Å². The molecular weight excluding hydrogens is 345 g/mol. The molecule has 0 bridgehead atoms. The van der Waals surface area contributed by atoms with Crippen molar-refractivity contribution in [2.75, 3.05) is 0 Å². The fourth-order valence-corrected chi connectivity index (χ4v) is 6.61. The summed E-state index contributed by atoms with van der Waals surface area (Å²) in [5.41, 5.74) is -5.32. The molecule has 0 N–H and O–H groups in total. The maximum atomic E-state index is 12.3. The Morgan fingerprint density at radius 2 is 1.22 bits per heavy atom. The van der Waals surface area contributed by atoms with E-state index in [4.69, 9.17) is 0 Å². The van der Waals surface area contributed by atoms with Crippen LogP contribution in [0.25, 0.3) is 0 Å². The Kier molecular flexibility index (Phi) is 10.7. The van der Waals surface area contributed by atoms with Crippen LogP contribution >= 0.6 is 0 Å². The summed E-state index contributed by atoms with van der Waals surface area (Å²) in [7, 11) is -8.30. The molecule has 0 rings (SSSR count). The van der Waals surface area contributed by atoms with E-state index in [2.05, 4.69) is 10.8 Å². The number of hydrogen-bond acceptors (Lipinski definition) is 3. The third kappa shape index (κ3) is 11.2. The van der Waals surface area contributed by atoms with E-state index >= 15 is 0 Å². The molecule has 0 aromatic heterocycles. The average Bonchev–Trinajstić information content (AvgIpc) is 2.38. The fourth-order valence-electron chi connectivity index (χ4n) is 2.42. The highest BCUT2D eigenvalue weighted by atomic mass is 32.2. The largest absolute Gasteiger partial charge is 0.522 e. The molecule has 0 saturated carbocycles. The zero-order valence-electron chi connectivity index (χ0n) is 14.5. The molecule has 0 heterocycles. The van der Waals surface area contributed by atoms with Gasteiger partial charge in [0.05, 0.1) is 0 Å². The van der Waals surface area contributed by atoms with Crippen molar-refractivity contribution in [2.24, 2.45) is 0 Å². The summed E-state index contributed by atoms with van der Waals surface area (Å²) in [5, 5.41) is 0. The van der Waals surface area contributed by atoms with Crippen molar-refractivity contribution in [3.8, 4) is 0 Å². The van der Waals surface area contributed by atoms with E-state index in [0.29, 0.717) is 6.04 Å². The van der Waals surface area contributed by atoms with Crippen molar-refractivity contribution in [3.05, 3.63) is 0 Å². The zero-order chi connectivity index (χ0) is 18.0. The van der Waals surface area contributed by atoms with Gasteiger partial charge in [-0.05, 0) is 19.1 Å². The van der Waals surface area contributed by atoms with Crippen LogP contribution in [0.3, 0.4) is 0 Å². The van der Waals surface area contributed by atoms with Gasteiger partial charge < -0.3 is 3.87 Å². The molecule has 0 aromatic carbocycles. The lowest BCUT2D eigenvalue weighted by Crippen LogP contribution is -2.38. The van der Waals surface area contributed by atoms with Crippen LogP contribution in [0, 0.1) is 0 Å². The maximum Gasteiger partial charge on any atom is 0.522 e. The lowest BCUT2D eigenvalue weighted by molar-refractivity contribution is -0.0503. The second-order valence-electron chi connectivity index (χ2n) is 6.67. The first kappa shape index (κ1) is 22.9. The van der Waals surface area contributed by atoms with Crippen LogP contribution in [0.5, 0.6) is 0 Å². The van der Waals surface area contributed by atoms with Crippen molar-refractivity contribution in [2.45, 2.75) is 95.8 Å². The minimum atomic E-state index is -5.46. The van der Waals surface area contributed by atoms with Gasteiger partial charge in [0.2, 0.25) is 8.32 Å². The van der Waals surface area contributed by atoms with E-state index in [-0.39, 0.29) is 0 Å². The molecule has 0 atom stereocenters. The molecule has 3 nitrogen and oxygen atoms in total. The van der Waals surface area contributed by atoms with Gasteiger partial charge in [-0.3, -0.25) is 0 Å². The highest BCUT2D eigenvalue weighted by Gasteiger charge is 2.50. The molecule has 0 aliphatic rings. The molecule has 0 saturated heterocycles. The predicted octanol–water partition coefficient (Wildman–Crippen LogP) is 5.98. The Bertz CT molecular complexity index is 409. The summed E-state index contributed by atoms with van der Waals surface area (Å²) in [5.74, 6) is 0. The molecule has 140 valence electrons. The lowest BCUT2D eigenvalue weighted by Gasteiger charge is -2.22. The molecule has 0 aromatic rings. The number of alkyl halides is 3. The number of rotatable bonds is 13. The Morgan fingerprint density at radius 1 is 0.826 bits per heavy atom. The van der Waals surface area contributed by atoms with Gasteiger partial charge >= 0.3 is 15.6 Å². The second-order valence-corrected chi connectivity index (χ2v) is 12.7. The van der Waals surface area contributed by atoms with E-state index < -0.39 is 23.9 Å². The molecule has 0 radical (unpaired) electrons. The van der Waals surface area contributed by atoms with E-state index in [1.54, 1.807) is 0 Å². The second kappa shape index (κ2) is 10.7. The van der Waals surface area contributed by atoms with Gasteiger partial charge in [-0.1, -0.05) is 71.1 Å². The van der Waals surface area contributed by atoms with Crippen molar-refractivity contribution >= 4 is 18.4 Å². The minimum absolute atomic E-state index is 0.429. The third-order valence-corrected chi connectivity index (χ3v) is 8.56. The molecule has 23 heavy (non-hydrogen) atoms. The lowest BCUT2D eigenvalue weighted by atomic mass is 10.1. The smallest absolute Gasteiger partial charge is 0.308 e. The van der Waals surface area contributed by atoms with Crippen LogP contribution in [-0.4, -0.2) is 22.2 Å². The van der Waals surface area contributed by atoms with Crippen LogP contribution in [0.4, 0.5) is 13.2 Å². The summed E-state index contributed by atoms with van der Waals surface area (Å²) in [4.78, 5) is 0. The summed E-state index contributed by atoms with van der Waals surface area (Å²) >= 11 is 0. The maximum absolute atomic E-state index is 12.3. The standard InChI is InChI=1S/C15H31F3O3SSi/c1-4-5-6-7-8-9-10-11-12-13-14-23(2,3)21-22(19,20)15(16,17)18/h4-14H2,1-3H3. The average molecular weight is 377 g/mol. The molecule has 0 aliphatic carbocycles.